The average molecular weight is 238 g/mol. The first-order valence-corrected chi connectivity index (χ1v) is 4.95. The minimum atomic E-state index is -0.376. The molecule has 2 N–H and O–H groups in total. The van der Waals surface area contributed by atoms with E-state index in [-0.39, 0.29) is 23.9 Å². The number of hydrogen-bond acceptors (Lipinski definition) is 6. The van der Waals surface area contributed by atoms with Crippen molar-refractivity contribution in [1.82, 2.24) is 9.97 Å². The van der Waals surface area contributed by atoms with E-state index in [0.717, 1.165) is 0 Å². The molecule has 92 valence electrons. The summed E-state index contributed by atoms with van der Waals surface area (Å²) < 4.78 is 4.49. The first-order chi connectivity index (χ1) is 8.01. The van der Waals surface area contributed by atoms with Crippen LogP contribution in [0.2, 0.25) is 0 Å². The topological polar surface area (TPSA) is 96.4 Å². The molecule has 0 atom stereocenters. The molecule has 0 spiro atoms. The van der Waals surface area contributed by atoms with E-state index in [1.807, 2.05) is 0 Å². The van der Waals surface area contributed by atoms with Crippen LogP contribution in [0.5, 0.6) is 0 Å². The lowest BCUT2D eigenvalue weighted by Gasteiger charge is -2.02. The van der Waals surface area contributed by atoms with E-state index < -0.39 is 0 Å². The quantitative estimate of drug-likeness (QED) is 0.450. The summed E-state index contributed by atoms with van der Waals surface area (Å²) in [4.78, 5) is 28.5. The van der Waals surface area contributed by atoms with Gasteiger partial charge in [-0.1, -0.05) is 0 Å². The predicted molar refractivity (Wildman–Crippen MR) is 63.0 cm³/mol. The fourth-order valence-electron chi connectivity index (χ4n) is 1.10. The highest BCUT2D eigenvalue weighted by Gasteiger charge is 2.03. The van der Waals surface area contributed by atoms with Gasteiger partial charge in [-0.3, -0.25) is 14.6 Å². The van der Waals surface area contributed by atoms with Crippen LogP contribution in [0, 0.1) is 6.92 Å². The molecule has 1 aromatic heterocycles. The van der Waals surface area contributed by atoms with Crippen molar-refractivity contribution in [2.45, 2.75) is 20.3 Å². The maximum absolute atomic E-state index is 11.1. The first-order valence-electron chi connectivity index (χ1n) is 4.95. The molecular weight excluding hydrogens is 224 g/mol. The highest BCUT2D eigenvalue weighted by atomic mass is 16.5. The molecule has 0 amide bonds. The van der Waals surface area contributed by atoms with Crippen LogP contribution >= 0.6 is 0 Å². The Labute approximate surface area is 97.9 Å². The van der Waals surface area contributed by atoms with Crippen molar-refractivity contribution in [2.24, 2.45) is 5.10 Å². The molecule has 0 radical (unpaired) electrons. The standard InChI is InChI=1S/C10H14N4O3/c1-6-4-8(15)12-10(11-6)14-13-7(2)5-9(16)17-3/h4H,5H2,1-3H3,(H2,11,12,14,15)/b13-7+. The van der Waals surface area contributed by atoms with Crippen molar-refractivity contribution in [3.05, 3.63) is 22.1 Å². The van der Waals surface area contributed by atoms with Gasteiger partial charge in [0, 0.05) is 17.5 Å². The SMILES string of the molecule is COC(=O)C/C(C)=N/Nc1nc(C)cc(=O)[nH]1. The van der Waals surface area contributed by atoms with Crippen molar-refractivity contribution in [2.75, 3.05) is 12.5 Å². The Morgan fingerprint density at radius 3 is 2.94 bits per heavy atom. The number of methoxy groups -OCH3 is 1. The maximum Gasteiger partial charge on any atom is 0.311 e. The normalized spacial score (nSPS) is 11.1. The van der Waals surface area contributed by atoms with Gasteiger partial charge in [-0.25, -0.2) is 10.4 Å². The summed E-state index contributed by atoms with van der Waals surface area (Å²) in [5.74, 6) is -0.141. The van der Waals surface area contributed by atoms with Crippen LogP contribution in [0.4, 0.5) is 5.95 Å². The van der Waals surface area contributed by atoms with Gasteiger partial charge in [0.2, 0.25) is 5.95 Å². The molecule has 0 unspecified atom stereocenters. The molecule has 17 heavy (non-hydrogen) atoms. The Bertz CT molecular complexity index is 493. The minimum Gasteiger partial charge on any atom is -0.469 e. The van der Waals surface area contributed by atoms with Gasteiger partial charge < -0.3 is 4.74 Å². The maximum atomic E-state index is 11.1. The van der Waals surface area contributed by atoms with Crippen molar-refractivity contribution in [3.63, 3.8) is 0 Å². The molecule has 1 heterocycles. The third-order valence-corrected chi connectivity index (χ3v) is 1.85. The van der Waals surface area contributed by atoms with Gasteiger partial charge >= 0.3 is 5.97 Å². The van der Waals surface area contributed by atoms with Gasteiger partial charge in [0.1, 0.15) is 0 Å². The second kappa shape index (κ2) is 5.78. The summed E-state index contributed by atoms with van der Waals surface area (Å²) in [6.45, 7) is 3.36. The summed E-state index contributed by atoms with van der Waals surface area (Å²) in [5.41, 5.74) is 3.42. The van der Waals surface area contributed by atoms with E-state index in [1.165, 1.54) is 13.2 Å². The number of anilines is 1. The highest BCUT2D eigenvalue weighted by molar-refractivity contribution is 5.97. The number of hydrogen-bond donors (Lipinski definition) is 2. The number of ether oxygens (including phenoxy) is 1. The molecule has 0 saturated heterocycles. The summed E-state index contributed by atoms with van der Waals surface area (Å²) in [7, 11) is 1.31. The number of H-pyrrole nitrogens is 1. The largest absolute Gasteiger partial charge is 0.469 e. The van der Waals surface area contributed by atoms with Crippen LogP contribution in [0.25, 0.3) is 0 Å². The molecule has 1 aromatic rings. The summed E-state index contributed by atoms with van der Waals surface area (Å²) >= 11 is 0. The molecule has 1 rings (SSSR count). The van der Waals surface area contributed by atoms with Crippen LogP contribution < -0.4 is 11.0 Å². The molecule has 7 heteroatoms. The zero-order chi connectivity index (χ0) is 12.8. The van der Waals surface area contributed by atoms with Crippen molar-refractivity contribution in [3.8, 4) is 0 Å². The lowest BCUT2D eigenvalue weighted by molar-refractivity contribution is -0.139. The van der Waals surface area contributed by atoms with Crippen LogP contribution in [-0.4, -0.2) is 28.8 Å². The van der Waals surface area contributed by atoms with Crippen LogP contribution in [-0.2, 0) is 9.53 Å². The number of nitrogens with one attached hydrogen (secondary N) is 2. The molecule has 0 aliphatic carbocycles. The van der Waals surface area contributed by atoms with Gasteiger partial charge in [0.05, 0.1) is 13.5 Å². The minimum absolute atomic E-state index is 0.0829. The molecule has 0 aromatic carbocycles. The number of hydrazone groups is 1. The smallest absolute Gasteiger partial charge is 0.311 e. The zero-order valence-corrected chi connectivity index (χ0v) is 9.90. The third-order valence-electron chi connectivity index (χ3n) is 1.85. The Morgan fingerprint density at radius 1 is 1.65 bits per heavy atom. The Morgan fingerprint density at radius 2 is 2.35 bits per heavy atom. The van der Waals surface area contributed by atoms with Gasteiger partial charge in [0.25, 0.3) is 5.56 Å². The van der Waals surface area contributed by atoms with Crippen LogP contribution in [0.3, 0.4) is 0 Å². The Hall–Kier alpha value is -2.18. The summed E-state index contributed by atoms with van der Waals surface area (Å²) in [5, 5.41) is 3.90. The van der Waals surface area contributed by atoms with Gasteiger partial charge in [-0.2, -0.15) is 5.10 Å². The summed E-state index contributed by atoms with van der Waals surface area (Å²) in [6, 6.07) is 1.37. The Kier molecular flexibility index (Phi) is 4.38. The van der Waals surface area contributed by atoms with Gasteiger partial charge in [0.15, 0.2) is 0 Å². The fraction of sp³-hybridized carbons (Fsp3) is 0.400. The molecular formula is C10H14N4O3. The number of esters is 1. The van der Waals surface area contributed by atoms with Crippen molar-refractivity contribution >= 4 is 17.6 Å². The number of carbonyl (C=O) groups excluding carboxylic acids is 1. The van der Waals surface area contributed by atoms with E-state index in [2.05, 4.69) is 25.2 Å². The second-order valence-corrected chi connectivity index (χ2v) is 3.45. The monoisotopic (exact) mass is 238 g/mol. The number of aromatic nitrogens is 2. The first kappa shape index (κ1) is 12.9. The van der Waals surface area contributed by atoms with Gasteiger partial charge in [-0.05, 0) is 13.8 Å². The van der Waals surface area contributed by atoms with E-state index in [0.29, 0.717) is 11.4 Å². The highest BCUT2D eigenvalue weighted by Crippen LogP contribution is 1.97. The molecule has 0 fully saturated rings. The van der Waals surface area contributed by atoms with E-state index in [1.54, 1.807) is 13.8 Å². The zero-order valence-electron chi connectivity index (χ0n) is 9.90. The number of aryl methyl sites for hydroxylation is 1. The predicted octanol–water partition coefficient (Wildman–Crippen LogP) is 0.429. The van der Waals surface area contributed by atoms with E-state index in [4.69, 9.17) is 0 Å². The van der Waals surface area contributed by atoms with E-state index in [9.17, 15) is 9.59 Å². The molecule has 7 nitrogen and oxygen atoms in total. The molecule has 0 saturated carbocycles. The van der Waals surface area contributed by atoms with Crippen molar-refractivity contribution in [1.29, 1.82) is 0 Å². The number of aromatic amines is 1. The fourth-order valence-corrected chi connectivity index (χ4v) is 1.10. The van der Waals surface area contributed by atoms with Gasteiger partial charge in [-0.15, -0.1) is 0 Å². The Balaban J connectivity index is 2.68. The summed E-state index contributed by atoms with van der Waals surface area (Å²) in [6.07, 6.45) is 0.0829. The van der Waals surface area contributed by atoms with E-state index >= 15 is 0 Å². The van der Waals surface area contributed by atoms with Crippen LogP contribution in [0.15, 0.2) is 16.0 Å². The van der Waals surface area contributed by atoms with Crippen molar-refractivity contribution < 1.29 is 9.53 Å². The number of rotatable bonds is 4. The molecule has 0 aliphatic rings. The lowest BCUT2D eigenvalue weighted by atomic mass is 10.3. The number of nitrogens with zero attached hydrogens (tertiary/aromatic N) is 2. The van der Waals surface area contributed by atoms with Crippen LogP contribution in [0.1, 0.15) is 19.0 Å². The number of carbonyl (C=O) groups is 1. The molecule has 0 bridgehead atoms. The average Bonchev–Trinajstić information content (AvgIpc) is 2.25. The second-order valence-electron chi connectivity index (χ2n) is 3.45. The molecule has 0 aliphatic heterocycles. The lowest BCUT2D eigenvalue weighted by Crippen LogP contribution is -2.12. The third kappa shape index (κ3) is 4.45.